The van der Waals surface area contributed by atoms with Crippen molar-refractivity contribution in [2.45, 2.75) is 20.4 Å². The van der Waals surface area contributed by atoms with E-state index in [2.05, 4.69) is 29.0 Å². The summed E-state index contributed by atoms with van der Waals surface area (Å²) in [4.78, 5) is 32.4. The van der Waals surface area contributed by atoms with E-state index in [1.54, 1.807) is 24.3 Å². The Bertz CT molecular complexity index is 1320. The number of para-hydroxylation sites is 1. The van der Waals surface area contributed by atoms with Crippen molar-refractivity contribution in [2.75, 3.05) is 45.4 Å². The molecule has 0 bridgehead atoms. The van der Waals surface area contributed by atoms with Crippen molar-refractivity contribution in [3.8, 4) is 11.5 Å². The molecule has 2 aromatic carbocycles. The van der Waals surface area contributed by atoms with Crippen LogP contribution in [0.1, 0.15) is 29.8 Å². The SMILES string of the molecule is CCN(CC)CCN(Cc1cc2cc3c(cc2[nH]c1=O)OCO3)C(=S)Nc1ccccc1C(=O)OC. The van der Waals surface area contributed by atoms with Crippen molar-refractivity contribution in [3.63, 3.8) is 0 Å². The summed E-state index contributed by atoms with van der Waals surface area (Å²) in [5.74, 6) is 0.803. The minimum atomic E-state index is -0.458. The Labute approximate surface area is 214 Å². The largest absolute Gasteiger partial charge is 0.465 e. The van der Waals surface area contributed by atoms with Crippen LogP contribution in [0.5, 0.6) is 11.5 Å². The quantitative estimate of drug-likeness (QED) is 0.331. The number of hydrogen-bond acceptors (Lipinski definition) is 7. The van der Waals surface area contributed by atoms with E-state index < -0.39 is 5.97 Å². The molecule has 10 heteroatoms. The van der Waals surface area contributed by atoms with Gasteiger partial charge >= 0.3 is 5.97 Å². The first kappa shape index (κ1) is 25.5. The average molecular weight is 511 g/mol. The van der Waals surface area contributed by atoms with Crippen LogP contribution in [0, 0.1) is 0 Å². The summed E-state index contributed by atoms with van der Waals surface area (Å²) >= 11 is 5.76. The first-order valence-corrected chi connectivity index (χ1v) is 12.3. The highest BCUT2D eigenvalue weighted by atomic mass is 32.1. The molecule has 1 aromatic heterocycles. The number of ether oxygens (including phenoxy) is 3. The number of aromatic nitrogens is 1. The summed E-state index contributed by atoms with van der Waals surface area (Å²) in [6.45, 7) is 7.82. The summed E-state index contributed by atoms with van der Waals surface area (Å²) in [5, 5.41) is 4.43. The van der Waals surface area contributed by atoms with Crippen molar-refractivity contribution < 1.29 is 19.0 Å². The molecule has 0 atom stereocenters. The van der Waals surface area contributed by atoms with E-state index in [4.69, 9.17) is 26.4 Å². The van der Waals surface area contributed by atoms with E-state index in [-0.39, 0.29) is 18.9 Å². The van der Waals surface area contributed by atoms with Gasteiger partial charge < -0.3 is 34.3 Å². The van der Waals surface area contributed by atoms with Gasteiger partial charge in [-0.2, -0.15) is 0 Å². The first-order chi connectivity index (χ1) is 17.4. The third-order valence-corrected chi connectivity index (χ3v) is 6.58. The molecule has 0 saturated heterocycles. The number of methoxy groups -OCH3 is 1. The Morgan fingerprint density at radius 2 is 1.83 bits per heavy atom. The first-order valence-electron chi connectivity index (χ1n) is 11.8. The second-order valence-electron chi connectivity index (χ2n) is 8.33. The maximum absolute atomic E-state index is 13.0. The molecule has 190 valence electrons. The number of likely N-dealkylation sites (N-methyl/N-ethyl adjacent to an activating group) is 1. The van der Waals surface area contributed by atoms with Crippen molar-refractivity contribution in [1.29, 1.82) is 0 Å². The van der Waals surface area contributed by atoms with Crippen LogP contribution in [0.4, 0.5) is 5.69 Å². The lowest BCUT2D eigenvalue weighted by molar-refractivity contribution is 0.0602. The fourth-order valence-electron chi connectivity index (χ4n) is 4.09. The summed E-state index contributed by atoms with van der Waals surface area (Å²) in [5.41, 5.74) is 1.96. The molecule has 2 N–H and O–H groups in total. The van der Waals surface area contributed by atoms with Gasteiger partial charge in [-0.3, -0.25) is 4.79 Å². The summed E-state index contributed by atoms with van der Waals surface area (Å²) < 4.78 is 15.8. The standard InChI is InChI=1S/C26H30N4O5S/c1-4-29(5-2)10-11-30(26(36)28-20-9-7-6-8-19(20)25(32)33-3)15-18-12-17-13-22-23(35-16-34-22)14-21(17)27-24(18)31/h6-9,12-14H,4-5,10-11,15-16H2,1-3H3,(H,27,31)(H,28,36). The van der Waals surface area contributed by atoms with Crippen LogP contribution in [-0.2, 0) is 11.3 Å². The van der Waals surface area contributed by atoms with Crippen molar-refractivity contribution in [3.05, 3.63) is 63.9 Å². The Morgan fingerprint density at radius 1 is 1.11 bits per heavy atom. The predicted octanol–water partition coefficient (Wildman–Crippen LogP) is 3.58. The summed E-state index contributed by atoms with van der Waals surface area (Å²) in [7, 11) is 1.34. The molecule has 0 spiro atoms. The Balaban J connectivity index is 1.62. The fourth-order valence-corrected chi connectivity index (χ4v) is 4.36. The van der Waals surface area contributed by atoms with Crippen LogP contribution in [0.3, 0.4) is 0 Å². The molecule has 0 amide bonds. The van der Waals surface area contributed by atoms with Gasteiger partial charge in [0.05, 0.1) is 30.4 Å². The monoisotopic (exact) mass is 510 g/mol. The zero-order valence-electron chi connectivity index (χ0n) is 20.6. The van der Waals surface area contributed by atoms with Gasteiger partial charge in [-0.1, -0.05) is 26.0 Å². The lowest BCUT2D eigenvalue weighted by Gasteiger charge is -2.29. The number of pyridine rings is 1. The number of fused-ring (bicyclic) bond motifs is 2. The lowest BCUT2D eigenvalue weighted by Crippen LogP contribution is -2.41. The number of thiocarbonyl (C=S) groups is 1. The third kappa shape index (κ3) is 5.60. The number of esters is 1. The van der Waals surface area contributed by atoms with Crippen LogP contribution < -0.4 is 20.3 Å². The van der Waals surface area contributed by atoms with Gasteiger partial charge in [0.2, 0.25) is 6.79 Å². The number of carbonyl (C=O) groups is 1. The number of anilines is 1. The van der Waals surface area contributed by atoms with Crippen LogP contribution in [0.15, 0.2) is 47.3 Å². The number of aromatic amines is 1. The van der Waals surface area contributed by atoms with Gasteiger partial charge in [-0.25, -0.2) is 4.79 Å². The molecule has 9 nitrogen and oxygen atoms in total. The molecule has 0 unspecified atom stereocenters. The van der Waals surface area contributed by atoms with Crippen LogP contribution in [-0.4, -0.2) is 65.9 Å². The zero-order valence-corrected chi connectivity index (χ0v) is 21.4. The van der Waals surface area contributed by atoms with Gasteiger partial charge in [0, 0.05) is 30.1 Å². The van der Waals surface area contributed by atoms with Crippen molar-refractivity contribution in [1.82, 2.24) is 14.8 Å². The van der Waals surface area contributed by atoms with Crippen LogP contribution in [0.2, 0.25) is 0 Å². The van der Waals surface area contributed by atoms with Crippen molar-refractivity contribution in [2.24, 2.45) is 0 Å². The molecular weight excluding hydrogens is 480 g/mol. The van der Waals surface area contributed by atoms with Crippen LogP contribution >= 0.6 is 12.2 Å². The summed E-state index contributed by atoms with van der Waals surface area (Å²) in [6, 6.07) is 12.5. The van der Waals surface area contributed by atoms with Gasteiger partial charge in [0.1, 0.15) is 0 Å². The van der Waals surface area contributed by atoms with Crippen LogP contribution in [0.25, 0.3) is 10.9 Å². The molecule has 1 aliphatic rings. The minimum absolute atomic E-state index is 0.162. The van der Waals surface area contributed by atoms with E-state index in [0.29, 0.717) is 45.5 Å². The molecule has 4 rings (SSSR count). The molecular formula is C26H30N4O5S. The van der Waals surface area contributed by atoms with Gasteiger partial charge in [-0.15, -0.1) is 0 Å². The number of nitrogens with one attached hydrogen (secondary N) is 2. The van der Waals surface area contributed by atoms with E-state index in [9.17, 15) is 9.59 Å². The molecule has 0 fully saturated rings. The third-order valence-electron chi connectivity index (χ3n) is 6.22. The smallest absolute Gasteiger partial charge is 0.339 e. The molecule has 0 radical (unpaired) electrons. The zero-order chi connectivity index (χ0) is 25.7. The Kier molecular flexibility index (Phi) is 8.07. The van der Waals surface area contributed by atoms with Crippen molar-refractivity contribution >= 4 is 39.9 Å². The highest BCUT2D eigenvalue weighted by Crippen LogP contribution is 2.35. The van der Waals surface area contributed by atoms with Gasteiger partial charge in [-0.05, 0) is 49.6 Å². The normalized spacial score (nSPS) is 12.1. The molecule has 1 aliphatic heterocycles. The number of rotatable bonds is 9. The second-order valence-corrected chi connectivity index (χ2v) is 8.72. The predicted molar refractivity (Wildman–Crippen MR) is 143 cm³/mol. The van der Waals surface area contributed by atoms with E-state index >= 15 is 0 Å². The van der Waals surface area contributed by atoms with E-state index in [1.807, 2.05) is 23.1 Å². The van der Waals surface area contributed by atoms with E-state index in [1.165, 1.54) is 7.11 Å². The topological polar surface area (TPSA) is 96.1 Å². The minimum Gasteiger partial charge on any atom is -0.465 e. The number of hydrogen-bond donors (Lipinski definition) is 2. The molecule has 2 heterocycles. The number of carbonyl (C=O) groups excluding carboxylic acids is 1. The number of H-pyrrole nitrogens is 1. The average Bonchev–Trinajstić information content (AvgIpc) is 3.34. The Hall–Kier alpha value is -3.63. The fraction of sp³-hybridized carbons (Fsp3) is 0.346. The molecule has 3 aromatic rings. The molecule has 36 heavy (non-hydrogen) atoms. The molecule has 0 saturated carbocycles. The highest BCUT2D eigenvalue weighted by Gasteiger charge is 2.19. The van der Waals surface area contributed by atoms with E-state index in [0.717, 1.165) is 25.0 Å². The molecule has 0 aliphatic carbocycles. The lowest BCUT2D eigenvalue weighted by atomic mass is 10.1. The summed E-state index contributed by atoms with van der Waals surface area (Å²) in [6.07, 6.45) is 0. The van der Waals surface area contributed by atoms with Gasteiger partial charge in [0.15, 0.2) is 16.6 Å². The highest BCUT2D eigenvalue weighted by molar-refractivity contribution is 7.80. The maximum Gasteiger partial charge on any atom is 0.339 e. The Morgan fingerprint density at radius 3 is 2.56 bits per heavy atom. The maximum atomic E-state index is 13.0. The van der Waals surface area contributed by atoms with Gasteiger partial charge in [0.25, 0.3) is 5.56 Å². The number of benzene rings is 2. The number of nitrogens with zero attached hydrogens (tertiary/aromatic N) is 2. The second kappa shape index (κ2) is 11.4.